The van der Waals surface area contributed by atoms with Crippen molar-refractivity contribution in [2.75, 3.05) is 4.90 Å². The van der Waals surface area contributed by atoms with E-state index in [1.807, 2.05) is 6.07 Å². The molecule has 7 aromatic carbocycles. The Morgan fingerprint density at radius 2 is 1.00 bits per heavy atom. The molecule has 0 aliphatic rings. The highest BCUT2D eigenvalue weighted by Crippen LogP contribution is 2.47. The predicted molar refractivity (Wildman–Crippen MR) is 185 cm³/mol. The molecular weight excluding hydrogens is 534 g/mol. The van der Waals surface area contributed by atoms with Gasteiger partial charge in [0, 0.05) is 27.9 Å². The lowest BCUT2D eigenvalue weighted by Gasteiger charge is -2.28. The zero-order valence-electron chi connectivity index (χ0n) is 24.1. The minimum Gasteiger partial charge on any atom is -0.455 e. The standard InChI is InChI=1S/C42H29NO/c1-3-13-30(14-4-1)32-23-26-35(27-24-32)43(36-28-25-31-15-7-8-18-34(31)29-36)39-21-11-9-19-37(39)42-41(33-16-5-2-6-17-33)38-20-10-12-22-40(38)44-42/h1-29H. The van der Waals surface area contributed by atoms with E-state index < -0.39 is 0 Å². The van der Waals surface area contributed by atoms with Gasteiger partial charge in [-0.3, -0.25) is 0 Å². The first-order chi connectivity index (χ1) is 21.8. The Morgan fingerprint density at radius 3 is 1.80 bits per heavy atom. The Balaban J connectivity index is 1.36. The fourth-order valence-corrected chi connectivity index (χ4v) is 6.16. The van der Waals surface area contributed by atoms with Crippen LogP contribution in [0.25, 0.3) is 55.3 Å². The molecule has 0 radical (unpaired) electrons. The maximum Gasteiger partial charge on any atom is 0.145 e. The minimum absolute atomic E-state index is 0.861. The third-order valence-corrected chi connectivity index (χ3v) is 8.27. The maximum absolute atomic E-state index is 6.72. The first-order valence-electron chi connectivity index (χ1n) is 14.9. The Labute approximate surface area is 257 Å². The number of hydrogen-bond donors (Lipinski definition) is 0. The van der Waals surface area contributed by atoms with Crippen LogP contribution in [0.5, 0.6) is 0 Å². The third kappa shape index (κ3) is 4.63. The zero-order valence-corrected chi connectivity index (χ0v) is 24.1. The van der Waals surface area contributed by atoms with Gasteiger partial charge >= 0.3 is 0 Å². The highest BCUT2D eigenvalue weighted by atomic mass is 16.3. The van der Waals surface area contributed by atoms with E-state index >= 15 is 0 Å². The van der Waals surface area contributed by atoms with Crippen LogP contribution in [-0.2, 0) is 0 Å². The summed E-state index contributed by atoms with van der Waals surface area (Å²) in [4.78, 5) is 2.35. The van der Waals surface area contributed by atoms with Gasteiger partial charge in [0.2, 0.25) is 0 Å². The molecule has 0 saturated carbocycles. The second-order valence-corrected chi connectivity index (χ2v) is 11.0. The van der Waals surface area contributed by atoms with E-state index in [0.29, 0.717) is 0 Å². The second kappa shape index (κ2) is 11.1. The number of anilines is 3. The molecule has 8 rings (SSSR count). The number of fused-ring (bicyclic) bond motifs is 2. The van der Waals surface area contributed by atoms with Gasteiger partial charge in [-0.1, -0.05) is 133 Å². The fourth-order valence-electron chi connectivity index (χ4n) is 6.16. The molecule has 0 aliphatic carbocycles. The molecule has 0 N–H and O–H groups in total. The van der Waals surface area contributed by atoms with E-state index in [2.05, 4.69) is 175 Å². The largest absolute Gasteiger partial charge is 0.455 e. The van der Waals surface area contributed by atoms with Crippen LogP contribution in [0.3, 0.4) is 0 Å². The molecule has 0 fully saturated rings. The van der Waals surface area contributed by atoms with Crippen molar-refractivity contribution in [3.63, 3.8) is 0 Å². The van der Waals surface area contributed by atoms with Crippen LogP contribution in [0, 0.1) is 0 Å². The molecule has 0 aliphatic heterocycles. The fraction of sp³-hybridized carbons (Fsp3) is 0. The molecule has 0 unspecified atom stereocenters. The van der Waals surface area contributed by atoms with Crippen molar-refractivity contribution in [2.45, 2.75) is 0 Å². The van der Waals surface area contributed by atoms with Crippen molar-refractivity contribution in [1.29, 1.82) is 0 Å². The van der Waals surface area contributed by atoms with Gasteiger partial charge in [0.1, 0.15) is 11.3 Å². The molecule has 2 heteroatoms. The van der Waals surface area contributed by atoms with E-state index in [0.717, 1.165) is 50.5 Å². The van der Waals surface area contributed by atoms with Crippen molar-refractivity contribution in [1.82, 2.24) is 0 Å². The van der Waals surface area contributed by atoms with Gasteiger partial charge in [-0.15, -0.1) is 0 Å². The molecule has 208 valence electrons. The second-order valence-electron chi connectivity index (χ2n) is 11.0. The molecule has 2 nitrogen and oxygen atoms in total. The normalized spacial score (nSPS) is 11.2. The van der Waals surface area contributed by atoms with Gasteiger partial charge in [0.05, 0.1) is 5.69 Å². The summed E-state index contributed by atoms with van der Waals surface area (Å²) >= 11 is 0. The van der Waals surface area contributed by atoms with Crippen LogP contribution in [0.4, 0.5) is 17.1 Å². The summed E-state index contributed by atoms with van der Waals surface area (Å²) in [7, 11) is 0. The molecule has 0 spiro atoms. The van der Waals surface area contributed by atoms with E-state index in [1.165, 1.54) is 21.9 Å². The van der Waals surface area contributed by atoms with Gasteiger partial charge < -0.3 is 9.32 Å². The Bertz CT molecular complexity index is 2210. The van der Waals surface area contributed by atoms with Crippen LogP contribution in [-0.4, -0.2) is 0 Å². The summed E-state index contributed by atoms with van der Waals surface area (Å²) in [6.07, 6.45) is 0. The summed E-state index contributed by atoms with van der Waals surface area (Å²) in [5.74, 6) is 0.861. The van der Waals surface area contributed by atoms with Crippen LogP contribution >= 0.6 is 0 Å². The quantitative estimate of drug-likeness (QED) is 0.200. The highest BCUT2D eigenvalue weighted by Gasteiger charge is 2.23. The predicted octanol–water partition coefficient (Wildman–Crippen LogP) is 12.1. The van der Waals surface area contributed by atoms with Gasteiger partial charge in [-0.25, -0.2) is 0 Å². The van der Waals surface area contributed by atoms with Crippen LogP contribution in [0.1, 0.15) is 0 Å². The molecule has 8 aromatic rings. The molecular formula is C42H29NO. The van der Waals surface area contributed by atoms with E-state index in [-0.39, 0.29) is 0 Å². The van der Waals surface area contributed by atoms with E-state index in [9.17, 15) is 0 Å². The van der Waals surface area contributed by atoms with Gasteiger partial charge in [0.25, 0.3) is 0 Å². The highest BCUT2D eigenvalue weighted by molar-refractivity contribution is 6.04. The van der Waals surface area contributed by atoms with Crippen molar-refractivity contribution in [2.24, 2.45) is 0 Å². The van der Waals surface area contributed by atoms with E-state index in [1.54, 1.807) is 0 Å². The molecule has 0 atom stereocenters. The number of nitrogens with zero attached hydrogens (tertiary/aromatic N) is 1. The lowest BCUT2D eigenvalue weighted by atomic mass is 9.97. The summed E-state index contributed by atoms with van der Waals surface area (Å²) in [5.41, 5.74) is 9.73. The number of rotatable bonds is 6. The lowest BCUT2D eigenvalue weighted by molar-refractivity contribution is 0.632. The summed E-state index contributed by atoms with van der Waals surface area (Å²) < 4.78 is 6.72. The van der Waals surface area contributed by atoms with Gasteiger partial charge in [0.15, 0.2) is 0 Å². The number of benzene rings is 7. The topological polar surface area (TPSA) is 16.4 Å². The number of para-hydroxylation sites is 2. The molecule has 1 aromatic heterocycles. The smallest absolute Gasteiger partial charge is 0.145 e. The summed E-state index contributed by atoms with van der Waals surface area (Å²) in [6.45, 7) is 0. The van der Waals surface area contributed by atoms with Crippen LogP contribution in [0.15, 0.2) is 180 Å². The monoisotopic (exact) mass is 563 g/mol. The van der Waals surface area contributed by atoms with Crippen molar-refractivity contribution < 1.29 is 4.42 Å². The van der Waals surface area contributed by atoms with Crippen molar-refractivity contribution >= 4 is 38.8 Å². The SMILES string of the molecule is c1ccc(-c2ccc(N(c3ccc4ccccc4c3)c3ccccc3-c3oc4ccccc4c3-c3ccccc3)cc2)cc1. The maximum atomic E-state index is 6.72. The van der Waals surface area contributed by atoms with E-state index in [4.69, 9.17) is 4.42 Å². The molecule has 0 amide bonds. The third-order valence-electron chi connectivity index (χ3n) is 8.27. The molecule has 0 bridgehead atoms. The average molecular weight is 564 g/mol. The van der Waals surface area contributed by atoms with Crippen LogP contribution < -0.4 is 4.90 Å². The summed E-state index contributed by atoms with van der Waals surface area (Å²) in [5, 5.41) is 3.52. The Kier molecular flexibility index (Phi) is 6.51. The van der Waals surface area contributed by atoms with Crippen molar-refractivity contribution in [3.8, 4) is 33.6 Å². The minimum atomic E-state index is 0.861. The Morgan fingerprint density at radius 1 is 0.409 bits per heavy atom. The summed E-state index contributed by atoms with van der Waals surface area (Å²) in [6, 6.07) is 62.0. The molecule has 44 heavy (non-hydrogen) atoms. The van der Waals surface area contributed by atoms with Crippen molar-refractivity contribution in [3.05, 3.63) is 176 Å². The van der Waals surface area contributed by atoms with Crippen LogP contribution in [0.2, 0.25) is 0 Å². The number of hydrogen-bond acceptors (Lipinski definition) is 2. The average Bonchev–Trinajstić information content (AvgIpc) is 3.49. The first kappa shape index (κ1) is 25.8. The zero-order chi connectivity index (χ0) is 29.3. The van der Waals surface area contributed by atoms with Gasteiger partial charge in [-0.05, 0) is 69.9 Å². The first-order valence-corrected chi connectivity index (χ1v) is 14.9. The molecule has 1 heterocycles. The Hall–Kier alpha value is -5.86. The number of furan rings is 1. The molecule has 0 saturated heterocycles. The van der Waals surface area contributed by atoms with Gasteiger partial charge in [-0.2, -0.15) is 0 Å². The lowest BCUT2D eigenvalue weighted by Crippen LogP contribution is -2.11.